The fourth-order valence-electron chi connectivity index (χ4n) is 2.93. The first-order valence-corrected chi connectivity index (χ1v) is 6.94. The average molecular weight is 248 g/mol. The second-order valence-corrected chi connectivity index (χ2v) is 5.36. The van der Waals surface area contributed by atoms with E-state index in [1.807, 2.05) is 7.05 Å². The largest absolute Gasteiger partial charge is 0.373 e. The minimum absolute atomic E-state index is 0.483. The summed E-state index contributed by atoms with van der Waals surface area (Å²) in [5.74, 6) is 1.87. The Hall–Kier alpha value is -1.32. The summed E-state index contributed by atoms with van der Waals surface area (Å²) in [6.45, 7) is 5.39. The van der Waals surface area contributed by atoms with E-state index in [0.29, 0.717) is 5.41 Å². The Bertz CT molecular complexity index is 397. The lowest BCUT2D eigenvalue weighted by atomic mass is 9.83. The topological polar surface area (TPSA) is 49.8 Å². The maximum absolute atomic E-state index is 4.35. The van der Waals surface area contributed by atoms with E-state index in [-0.39, 0.29) is 0 Å². The van der Waals surface area contributed by atoms with Gasteiger partial charge in [0, 0.05) is 19.2 Å². The molecule has 0 amide bonds. The van der Waals surface area contributed by atoms with Crippen LogP contribution >= 0.6 is 0 Å². The third kappa shape index (κ3) is 2.57. The molecule has 1 heterocycles. The summed E-state index contributed by atoms with van der Waals surface area (Å²) < 4.78 is 0. The fourth-order valence-corrected chi connectivity index (χ4v) is 2.93. The van der Waals surface area contributed by atoms with Crippen molar-refractivity contribution in [2.75, 3.05) is 24.2 Å². The van der Waals surface area contributed by atoms with Crippen LogP contribution in [0.5, 0.6) is 0 Å². The van der Waals surface area contributed by atoms with Crippen LogP contribution in [0, 0.1) is 12.3 Å². The highest BCUT2D eigenvalue weighted by molar-refractivity contribution is 5.56. The number of aromatic nitrogens is 2. The number of nitrogens with zero attached hydrogens (tertiary/aromatic N) is 2. The molecule has 2 N–H and O–H groups in total. The first-order valence-electron chi connectivity index (χ1n) is 6.94. The van der Waals surface area contributed by atoms with E-state index in [0.717, 1.165) is 23.7 Å². The molecular formula is C14H24N4. The molecule has 1 aliphatic rings. The molecule has 0 saturated heterocycles. The molecule has 0 bridgehead atoms. The van der Waals surface area contributed by atoms with E-state index < -0.39 is 0 Å². The molecule has 1 aromatic rings. The van der Waals surface area contributed by atoms with Gasteiger partial charge in [-0.2, -0.15) is 0 Å². The summed E-state index contributed by atoms with van der Waals surface area (Å²) >= 11 is 0. The summed E-state index contributed by atoms with van der Waals surface area (Å²) in [7, 11) is 1.89. The van der Waals surface area contributed by atoms with Gasteiger partial charge in [-0.05, 0) is 31.6 Å². The molecule has 100 valence electrons. The summed E-state index contributed by atoms with van der Waals surface area (Å²) in [4.78, 5) is 8.56. The zero-order valence-electron chi connectivity index (χ0n) is 11.7. The van der Waals surface area contributed by atoms with Crippen molar-refractivity contribution in [2.45, 2.75) is 46.0 Å². The van der Waals surface area contributed by atoms with Crippen molar-refractivity contribution in [2.24, 2.45) is 5.41 Å². The molecule has 0 radical (unpaired) electrons. The van der Waals surface area contributed by atoms with Crippen LogP contribution < -0.4 is 10.6 Å². The van der Waals surface area contributed by atoms with E-state index in [9.17, 15) is 0 Å². The second-order valence-electron chi connectivity index (χ2n) is 5.36. The predicted molar refractivity (Wildman–Crippen MR) is 76.0 cm³/mol. The van der Waals surface area contributed by atoms with Gasteiger partial charge in [0.05, 0.1) is 0 Å². The molecule has 4 nitrogen and oxygen atoms in total. The monoisotopic (exact) mass is 248 g/mol. The summed E-state index contributed by atoms with van der Waals surface area (Å²) in [6, 6.07) is 0. The third-order valence-electron chi connectivity index (χ3n) is 4.37. The van der Waals surface area contributed by atoms with E-state index in [4.69, 9.17) is 0 Å². The fraction of sp³-hybridized carbons (Fsp3) is 0.714. The van der Waals surface area contributed by atoms with Crippen LogP contribution in [-0.4, -0.2) is 23.6 Å². The molecule has 18 heavy (non-hydrogen) atoms. The number of anilines is 2. The lowest BCUT2D eigenvalue weighted by molar-refractivity contribution is 0.306. The molecule has 1 saturated carbocycles. The summed E-state index contributed by atoms with van der Waals surface area (Å²) in [5, 5.41) is 6.63. The molecule has 0 unspecified atom stereocenters. The number of hydrogen-bond donors (Lipinski definition) is 2. The number of rotatable bonds is 5. The van der Waals surface area contributed by atoms with Gasteiger partial charge in [-0.3, -0.25) is 0 Å². The molecule has 1 fully saturated rings. The van der Waals surface area contributed by atoms with Crippen molar-refractivity contribution in [3.05, 3.63) is 11.9 Å². The maximum Gasteiger partial charge on any atom is 0.134 e. The molecule has 0 aromatic carbocycles. The maximum atomic E-state index is 4.35. The lowest BCUT2D eigenvalue weighted by Crippen LogP contribution is -2.26. The Balaban J connectivity index is 2.05. The Morgan fingerprint density at radius 1 is 1.22 bits per heavy atom. The van der Waals surface area contributed by atoms with Crippen molar-refractivity contribution < 1.29 is 0 Å². The van der Waals surface area contributed by atoms with Crippen LogP contribution in [0.1, 0.15) is 44.6 Å². The molecule has 1 aromatic heterocycles. The van der Waals surface area contributed by atoms with E-state index in [1.165, 1.54) is 32.1 Å². The number of nitrogens with one attached hydrogen (secondary N) is 2. The van der Waals surface area contributed by atoms with Gasteiger partial charge < -0.3 is 10.6 Å². The highest BCUT2D eigenvalue weighted by atomic mass is 15.1. The molecule has 2 rings (SSSR count). The Kier molecular flexibility index (Phi) is 4.04. The van der Waals surface area contributed by atoms with E-state index >= 15 is 0 Å². The third-order valence-corrected chi connectivity index (χ3v) is 4.37. The van der Waals surface area contributed by atoms with Gasteiger partial charge in [0.2, 0.25) is 0 Å². The number of hydrogen-bond acceptors (Lipinski definition) is 4. The van der Waals surface area contributed by atoms with Gasteiger partial charge in [-0.25, -0.2) is 9.97 Å². The smallest absolute Gasteiger partial charge is 0.134 e. The molecular weight excluding hydrogens is 224 g/mol. The molecule has 0 aliphatic heterocycles. The average Bonchev–Trinajstić information content (AvgIpc) is 2.87. The molecule has 0 atom stereocenters. The van der Waals surface area contributed by atoms with Crippen molar-refractivity contribution >= 4 is 11.6 Å². The van der Waals surface area contributed by atoms with Crippen LogP contribution in [0.4, 0.5) is 11.6 Å². The normalized spacial score (nSPS) is 17.7. The van der Waals surface area contributed by atoms with Gasteiger partial charge in [0.15, 0.2) is 0 Å². The standard InChI is InChI=1S/C14H24N4/c1-4-14(7-5-6-8-14)9-16-13-11(2)12(15-3)17-10-18-13/h10H,4-9H2,1-3H3,(H2,15,16,17,18). The van der Waals surface area contributed by atoms with Gasteiger partial charge in [-0.15, -0.1) is 0 Å². The highest BCUT2D eigenvalue weighted by Gasteiger charge is 2.31. The first kappa shape index (κ1) is 13.1. The van der Waals surface area contributed by atoms with Crippen LogP contribution in [0.15, 0.2) is 6.33 Å². The Morgan fingerprint density at radius 3 is 2.50 bits per heavy atom. The summed E-state index contributed by atoms with van der Waals surface area (Å²) in [6.07, 6.45) is 8.32. The van der Waals surface area contributed by atoms with Crippen LogP contribution in [0.2, 0.25) is 0 Å². The molecule has 0 spiro atoms. The van der Waals surface area contributed by atoms with Crippen molar-refractivity contribution in [3.63, 3.8) is 0 Å². The lowest BCUT2D eigenvalue weighted by Gasteiger charge is -2.28. The van der Waals surface area contributed by atoms with Crippen molar-refractivity contribution in [3.8, 4) is 0 Å². The predicted octanol–water partition coefficient (Wildman–Crippen LogP) is 3.21. The molecule has 4 heteroatoms. The van der Waals surface area contributed by atoms with Crippen LogP contribution in [0.3, 0.4) is 0 Å². The van der Waals surface area contributed by atoms with Gasteiger partial charge in [0.25, 0.3) is 0 Å². The van der Waals surface area contributed by atoms with Crippen molar-refractivity contribution in [1.29, 1.82) is 0 Å². The second kappa shape index (κ2) is 5.55. The van der Waals surface area contributed by atoms with Crippen LogP contribution in [0.25, 0.3) is 0 Å². The zero-order chi connectivity index (χ0) is 13.0. The van der Waals surface area contributed by atoms with Crippen LogP contribution in [-0.2, 0) is 0 Å². The molecule has 1 aliphatic carbocycles. The van der Waals surface area contributed by atoms with E-state index in [2.05, 4.69) is 34.4 Å². The van der Waals surface area contributed by atoms with Gasteiger partial charge in [0.1, 0.15) is 18.0 Å². The van der Waals surface area contributed by atoms with Gasteiger partial charge >= 0.3 is 0 Å². The SMILES string of the molecule is CCC1(CNc2ncnc(NC)c2C)CCCC1. The zero-order valence-corrected chi connectivity index (χ0v) is 11.7. The Morgan fingerprint density at radius 2 is 1.89 bits per heavy atom. The summed E-state index contributed by atoms with van der Waals surface area (Å²) in [5.41, 5.74) is 1.58. The Labute approximate surface area is 110 Å². The quantitative estimate of drug-likeness (QED) is 0.840. The van der Waals surface area contributed by atoms with Crippen molar-refractivity contribution in [1.82, 2.24) is 9.97 Å². The first-order chi connectivity index (χ1) is 8.71. The minimum atomic E-state index is 0.483. The van der Waals surface area contributed by atoms with Gasteiger partial charge in [-0.1, -0.05) is 19.8 Å². The minimum Gasteiger partial charge on any atom is -0.373 e. The van der Waals surface area contributed by atoms with E-state index in [1.54, 1.807) is 6.33 Å². The highest BCUT2D eigenvalue weighted by Crippen LogP contribution is 2.41.